The van der Waals surface area contributed by atoms with Crippen LogP contribution in [-0.2, 0) is 0 Å². The molecular formula is C10H11F3O. The Morgan fingerprint density at radius 2 is 1.79 bits per heavy atom. The van der Waals surface area contributed by atoms with Gasteiger partial charge in [0.2, 0.25) is 5.82 Å². The first kappa shape index (κ1) is 10.9. The average molecular weight is 204 g/mol. The van der Waals surface area contributed by atoms with Crippen LogP contribution < -0.4 is 4.74 Å². The summed E-state index contributed by atoms with van der Waals surface area (Å²) in [6, 6.07) is 1.92. The summed E-state index contributed by atoms with van der Waals surface area (Å²) in [5, 5.41) is 0. The number of hydrogen-bond donors (Lipinski definition) is 0. The molecule has 0 amide bonds. The van der Waals surface area contributed by atoms with Crippen molar-refractivity contribution in [3.8, 4) is 5.75 Å². The highest BCUT2D eigenvalue weighted by atomic mass is 19.2. The van der Waals surface area contributed by atoms with Gasteiger partial charge in [-0.3, -0.25) is 0 Å². The Morgan fingerprint density at radius 1 is 1.14 bits per heavy atom. The Balaban J connectivity index is 2.83. The van der Waals surface area contributed by atoms with E-state index >= 15 is 0 Å². The fourth-order valence-corrected chi connectivity index (χ4v) is 0.876. The SMILES string of the molecule is CC(C)COc1ccc(F)c(F)c1F. The summed E-state index contributed by atoms with van der Waals surface area (Å²) < 4.78 is 43.1. The smallest absolute Gasteiger partial charge is 0.203 e. The van der Waals surface area contributed by atoms with Crippen molar-refractivity contribution in [1.82, 2.24) is 0 Å². The fourth-order valence-electron chi connectivity index (χ4n) is 0.876. The summed E-state index contributed by atoms with van der Waals surface area (Å²) in [7, 11) is 0. The van der Waals surface area contributed by atoms with Crippen molar-refractivity contribution in [2.24, 2.45) is 5.92 Å². The molecule has 1 aromatic rings. The summed E-state index contributed by atoms with van der Waals surface area (Å²) in [6.07, 6.45) is 0. The van der Waals surface area contributed by atoms with Gasteiger partial charge in [0.25, 0.3) is 0 Å². The van der Waals surface area contributed by atoms with Gasteiger partial charge in [-0.2, -0.15) is 4.39 Å². The molecule has 0 aliphatic carbocycles. The molecule has 0 aliphatic rings. The lowest BCUT2D eigenvalue weighted by molar-refractivity contribution is 0.253. The maximum atomic E-state index is 13.0. The molecule has 0 bridgehead atoms. The minimum Gasteiger partial charge on any atom is -0.490 e. The van der Waals surface area contributed by atoms with Crippen LogP contribution in [0.4, 0.5) is 13.2 Å². The molecule has 78 valence electrons. The molecule has 0 aromatic heterocycles. The van der Waals surface area contributed by atoms with Gasteiger partial charge in [0.15, 0.2) is 17.4 Å². The van der Waals surface area contributed by atoms with Crippen LogP contribution in [0.2, 0.25) is 0 Å². The zero-order chi connectivity index (χ0) is 10.7. The number of rotatable bonds is 3. The van der Waals surface area contributed by atoms with Gasteiger partial charge in [0, 0.05) is 0 Å². The summed E-state index contributed by atoms with van der Waals surface area (Å²) in [6.45, 7) is 4.01. The highest BCUT2D eigenvalue weighted by molar-refractivity contribution is 5.26. The van der Waals surface area contributed by atoms with Gasteiger partial charge in [0.1, 0.15) is 0 Å². The van der Waals surface area contributed by atoms with Crippen LogP contribution in [0.5, 0.6) is 5.75 Å². The standard InChI is InChI=1S/C10H11F3O/c1-6(2)5-14-8-4-3-7(11)9(12)10(8)13/h3-4,6H,5H2,1-2H3. The molecule has 0 radical (unpaired) electrons. The molecule has 0 unspecified atom stereocenters. The Morgan fingerprint density at radius 3 is 2.36 bits per heavy atom. The third-order valence-electron chi connectivity index (χ3n) is 1.57. The molecular weight excluding hydrogens is 193 g/mol. The first-order chi connectivity index (χ1) is 6.52. The Hall–Kier alpha value is -1.19. The molecule has 0 atom stereocenters. The topological polar surface area (TPSA) is 9.23 Å². The van der Waals surface area contributed by atoms with Crippen LogP contribution in [-0.4, -0.2) is 6.61 Å². The highest BCUT2D eigenvalue weighted by Gasteiger charge is 2.14. The molecule has 1 rings (SSSR count). The lowest BCUT2D eigenvalue weighted by Gasteiger charge is -2.09. The van der Waals surface area contributed by atoms with Gasteiger partial charge in [-0.05, 0) is 18.1 Å². The predicted octanol–water partition coefficient (Wildman–Crippen LogP) is 3.14. The Bertz CT molecular complexity index is 323. The third-order valence-corrected chi connectivity index (χ3v) is 1.57. The highest BCUT2D eigenvalue weighted by Crippen LogP contribution is 2.22. The second kappa shape index (κ2) is 4.35. The lowest BCUT2D eigenvalue weighted by Crippen LogP contribution is -2.06. The van der Waals surface area contributed by atoms with Crippen LogP contribution in [0.3, 0.4) is 0 Å². The predicted molar refractivity (Wildman–Crippen MR) is 46.6 cm³/mol. The summed E-state index contributed by atoms with van der Waals surface area (Å²) in [5.41, 5.74) is 0. The van der Waals surface area contributed by atoms with E-state index < -0.39 is 17.5 Å². The van der Waals surface area contributed by atoms with Crippen LogP contribution in [0.15, 0.2) is 12.1 Å². The van der Waals surface area contributed by atoms with Gasteiger partial charge < -0.3 is 4.74 Å². The number of benzene rings is 1. The molecule has 0 saturated heterocycles. The van der Waals surface area contributed by atoms with E-state index in [0.29, 0.717) is 0 Å². The van der Waals surface area contributed by atoms with E-state index in [9.17, 15) is 13.2 Å². The fraction of sp³-hybridized carbons (Fsp3) is 0.400. The monoisotopic (exact) mass is 204 g/mol. The van der Waals surface area contributed by atoms with Crippen molar-refractivity contribution < 1.29 is 17.9 Å². The molecule has 0 N–H and O–H groups in total. The van der Waals surface area contributed by atoms with Crippen molar-refractivity contribution in [3.63, 3.8) is 0 Å². The van der Waals surface area contributed by atoms with Crippen molar-refractivity contribution in [2.45, 2.75) is 13.8 Å². The Kier molecular flexibility index (Phi) is 3.38. The first-order valence-corrected chi connectivity index (χ1v) is 4.28. The van der Waals surface area contributed by atoms with Gasteiger partial charge in [-0.15, -0.1) is 0 Å². The Labute approximate surface area is 80.5 Å². The van der Waals surface area contributed by atoms with E-state index in [-0.39, 0.29) is 18.3 Å². The normalized spacial score (nSPS) is 10.7. The maximum Gasteiger partial charge on any atom is 0.203 e. The van der Waals surface area contributed by atoms with Gasteiger partial charge in [0.05, 0.1) is 6.61 Å². The van der Waals surface area contributed by atoms with Crippen LogP contribution in [0, 0.1) is 23.4 Å². The number of halogens is 3. The summed E-state index contributed by atoms with van der Waals surface area (Å²) in [4.78, 5) is 0. The van der Waals surface area contributed by atoms with E-state index in [2.05, 4.69) is 0 Å². The third kappa shape index (κ3) is 2.40. The van der Waals surface area contributed by atoms with Crippen molar-refractivity contribution >= 4 is 0 Å². The summed E-state index contributed by atoms with van der Waals surface area (Å²) >= 11 is 0. The minimum atomic E-state index is -1.49. The molecule has 0 heterocycles. The molecule has 0 saturated carbocycles. The first-order valence-electron chi connectivity index (χ1n) is 4.28. The van der Waals surface area contributed by atoms with Gasteiger partial charge in [-0.25, -0.2) is 8.78 Å². The quantitative estimate of drug-likeness (QED) is 0.687. The molecule has 0 spiro atoms. The molecule has 4 heteroatoms. The van der Waals surface area contributed by atoms with Crippen molar-refractivity contribution in [1.29, 1.82) is 0 Å². The van der Waals surface area contributed by atoms with Crippen molar-refractivity contribution in [3.05, 3.63) is 29.6 Å². The van der Waals surface area contributed by atoms with E-state index in [0.717, 1.165) is 12.1 Å². The molecule has 0 aliphatic heterocycles. The van der Waals surface area contributed by atoms with Gasteiger partial charge in [-0.1, -0.05) is 13.8 Å². The van der Waals surface area contributed by atoms with E-state index in [1.165, 1.54) is 0 Å². The molecule has 1 aromatic carbocycles. The van der Waals surface area contributed by atoms with Crippen LogP contribution in [0.25, 0.3) is 0 Å². The largest absolute Gasteiger partial charge is 0.490 e. The molecule has 14 heavy (non-hydrogen) atoms. The average Bonchev–Trinajstić information content (AvgIpc) is 2.13. The van der Waals surface area contributed by atoms with E-state index in [1.807, 2.05) is 13.8 Å². The van der Waals surface area contributed by atoms with E-state index in [4.69, 9.17) is 4.74 Å². The van der Waals surface area contributed by atoms with Crippen molar-refractivity contribution in [2.75, 3.05) is 6.61 Å². The van der Waals surface area contributed by atoms with E-state index in [1.54, 1.807) is 0 Å². The maximum absolute atomic E-state index is 13.0. The van der Waals surface area contributed by atoms with Crippen LogP contribution in [0.1, 0.15) is 13.8 Å². The zero-order valence-electron chi connectivity index (χ0n) is 7.98. The second-order valence-corrected chi connectivity index (χ2v) is 3.38. The second-order valence-electron chi connectivity index (χ2n) is 3.38. The zero-order valence-corrected chi connectivity index (χ0v) is 7.98. The minimum absolute atomic E-state index is 0.197. The summed E-state index contributed by atoms with van der Waals surface area (Å²) in [5.74, 6) is -4.03. The van der Waals surface area contributed by atoms with Crippen LogP contribution >= 0.6 is 0 Å². The number of ether oxygens (including phenoxy) is 1. The lowest BCUT2D eigenvalue weighted by atomic mass is 10.2. The van der Waals surface area contributed by atoms with Gasteiger partial charge >= 0.3 is 0 Å². The molecule has 0 fully saturated rings. The molecule has 1 nitrogen and oxygen atoms in total. The number of hydrogen-bond acceptors (Lipinski definition) is 1.